The average Bonchev–Trinajstić information content (AvgIpc) is 2.80. The van der Waals surface area contributed by atoms with Crippen LogP contribution in [-0.2, 0) is 11.2 Å². The summed E-state index contributed by atoms with van der Waals surface area (Å²) in [6.07, 6.45) is 1.64. The van der Waals surface area contributed by atoms with Crippen LogP contribution in [0.15, 0.2) is 5.03 Å². The van der Waals surface area contributed by atoms with Gasteiger partial charge >= 0.3 is 5.97 Å². The van der Waals surface area contributed by atoms with Crippen LogP contribution in [0.3, 0.4) is 0 Å². The van der Waals surface area contributed by atoms with E-state index in [0.717, 1.165) is 13.0 Å². The highest BCUT2D eigenvalue weighted by Crippen LogP contribution is 2.30. The minimum Gasteiger partial charge on any atom is -0.478 e. The van der Waals surface area contributed by atoms with Gasteiger partial charge in [-0.25, -0.2) is 14.8 Å². The van der Waals surface area contributed by atoms with Gasteiger partial charge in [-0.3, -0.25) is 0 Å². The highest BCUT2D eigenvalue weighted by Gasteiger charge is 2.23. The second-order valence-electron chi connectivity index (χ2n) is 4.17. The van der Waals surface area contributed by atoms with Crippen molar-refractivity contribution in [3.8, 4) is 0 Å². The molecule has 1 atom stereocenters. The minimum absolute atomic E-state index is 0.226. The fourth-order valence-corrected chi connectivity index (χ4v) is 3.06. The minimum atomic E-state index is -0.962. The Balaban J connectivity index is 2.34. The molecule has 6 heteroatoms. The average molecular weight is 268 g/mol. The summed E-state index contributed by atoms with van der Waals surface area (Å²) in [6, 6.07) is 0. The maximum atomic E-state index is 11.3. The van der Waals surface area contributed by atoms with E-state index in [1.54, 1.807) is 6.92 Å². The largest absolute Gasteiger partial charge is 0.478 e. The Bertz CT molecular complexity index is 459. The number of rotatable bonds is 4. The number of aromatic nitrogens is 2. The van der Waals surface area contributed by atoms with Crippen LogP contribution in [0.25, 0.3) is 0 Å². The van der Waals surface area contributed by atoms with E-state index in [-0.39, 0.29) is 5.56 Å². The second kappa shape index (κ2) is 5.67. The number of aryl methyl sites for hydroxylation is 2. The van der Waals surface area contributed by atoms with Crippen LogP contribution < -0.4 is 0 Å². The molecule has 98 valence electrons. The van der Waals surface area contributed by atoms with Crippen LogP contribution >= 0.6 is 11.8 Å². The normalized spacial score (nSPS) is 19.1. The third-order valence-corrected chi connectivity index (χ3v) is 4.02. The van der Waals surface area contributed by atoms with Crippen molar-refractivity contribution in [3.05, 3.63) is 17.1 Å². The molecule has 1 aromatic rings. The van der Waals surface area contributed by atoms with E-state index in [9.17, 15) is 9.90 Å². The number of ether oxygens (including phenoxy) is 1. The van der Waals surface area contributed by atoms with Crippen LogP contribution in [0, 0.1) is 6.92 Å². The number of hydrogen-bond donors (Lipinski definition) is 1. The van der Waals surface area contributed by atoms with E-state index in [0.29, 0.717) is 34.8 Å². The molecular formula is C12H16N2O3S. The van der Waals surface area contributed by atoms with Crippen molar-refractivity contribution in [2.75, 3.05) is 13.2 Å². The van der Waals surface area contributed by atoms with Gasteiger partial charge in [0.1, 0.15) is 16.4 Å². The first-order chi connectivity index (χ1) is 8.61. The summed E-state index contributed by atoms with van der Waals surface area (Å²) in [5, 5.41) is 10.1. The molecule has 1 fully saturated rings. The fourth-order valence-electron chi connectivity index (χ4n) is 1.86. The molecule has 0 bridgehead atoms. The summed E-state index contributed by atoms with van der Waals surface area (Å²) in [5.74, 6) is -0.268. The van der Waals surface area contributed by atoms with Gasteiger partial charge in [0.15, 0.2) is 0 Å². The first-order valence-corrected chi connectivity index (χ1v) is 6.85. The van der Waals surface area contributed by atoms with Crippen LogP contribution in [0.4, 0.5) is 0 Å². The Morgan fingerprint density at radius 2 is 2.33 bits per heavy atom. The molecule has 1 unspecified atom stereocenters. The molecule has 0 radical (unpaired) electrons. The maximum Gasteiger partial charge on any atom is 0.340 e. The summed E-state index contributed by atoms with van der Waals surface area (Å²) >= 11 is 1.49. The van der Waals surface area contributed by atoms with E-state index in [4.69, 9.17) is 4.74 Å². The molecule has 0 spiro atoms. The van der Waals surface area contributed by atoms with Gasteiger partial charge in [-0.05, 0) is 13.3 Å². The smallest absolute Gasteiger partial charge is 0.340 e. The van der Waals surface area contributed by atoms with E-state index in [2.05, 4.69) is 9.97 Å². The standard InChI is InChI=1S/C12H16N2O3S/c1-3-9-13-7(2)10(12(15)16)11(14-9)18-8-4-5-17-6-8/h8H,3-6H2,1-2H3,(H,15,16). The first-order valence-electron chi connectivity index (χ1n) is 5.97. The number of aromatic carboxylic acids is 1. The lowest BCUT2D eigenvalue weighted by molar-refractivity contribution is 0.0690. The molecular weight excluding hydrogens is 252 g/mol. The lowest BCUT2D eigenvalue weighted by Gasteiger charge is -2.12. The monoisotopic (exact) mass is 268 g/mol. The molecule has 1 saturated heterocycles. The fraction of sp³-hybridized carbons (Fsp3) is 0.583. The molecule has 2 rings (SSSR count). The lowest BCUT2D eigenvalue weighted by atomic mass is 10.2. The van der Waals surface area contributed by atoms with Gasteiger partial charge in [-0.1, -0.05) is 18.7 Å². The van der Waals surface area contributed by atoms with Crippen LogP contribution in [0.1, 0.15) is 35.2 Å². The molecule has 1 aliphatic rings. The van der Waals surface area contributed by atoms with Gasteiger partial charge in [-0.15, -0.1) is 0 Å². The van der Waals surface area contributed by atoms with Gasteiger partial charge in [0.2, 0.25) is 0 Å². The van der Waals surface area contributed by atoms with E-state index >= 15 is 0 Å². The van der Waals surface area contributed by atoms with E-state index < -0.39 is 5.97 Å². The van der Waals surface area contributed by atoms with Crippen LogP contribution in [0.5, 0.6) is 0 Å². The van der Waals surface area contributed by atoms with Crippen molar-refractivity contribution in [3.63, 3.8) is 0 Å². The summed E-state index contributed by atoms with van der Waals surface area (Å²) in [6.45, 7) is 5.08. The zero-order chi connectivity index (χ0) is 13.1. The van der Waals surface area contributed by atoms with Crippen molar-refractivity contribution in [1.29, 1.82) is 0 Å². The number of carbonyl (C=O) groups is 1. The number of carboxylic acids is 1. The summed E-state index contributed by atoms with van der Waals surface area (Å²) in [4.78, 5) is 19.9. The van der Waals surface area contributed by atoms with Crippen molar-refractivity contribution >= 4 is 17.7 Å². The maximum absolute atomic E-state index is 11.3. The van der Waals surface area contributed by atoms with Gasteiger partial charge in [0, 0.05) is 18.3 Å². The van der Waals surface area contributed by atoms with Gasteiger partial charge in [0.05, 0.1) is 12.3 Å². The third-order valence-electron chi connectivity index (χ3n) is 2.80. The molecule has 5 nitrogen and oxygen atoms in total. The van der Waals surface area contributed by atoms with Crippen molar-refractivity contribution in [1.82, 2.24) is 9.97 Å². The SMILES string of the molecule is CCc1nc(C)c(C(=O)O)c(SC2CCOC2)n1. The van der Waals surface area contributed by atoms with Crippen molar-refractivity contribution < 1.29 is 14.6 Å². The lowest BCUT2D eigenvalue weighted by Crippen LogP contribution is -2.11. The molecule has 1 aliphatic heterocycles. The molecule has 0 amide bonds. The Kier molecular flexibility index (Phi) is 4.19. The van der Waals surface area contributed by atoms with Crippen LogP contribution in [-0.4, -0.2) is 39.5 Å². The molecule has 0 aromatic carbocycles. The van der Waals surface area contributed by atoms with E-state index in [1.165, 1.54) is 11.8 Å². The van der Waals surface area contributed by atoms with Crippen molar-refractivity contribution in [2.24, 2.45) is 0 Å². The zero-order valence-corrected chi connectivity index (χ0v) is 11.3. The first kappa shape index (κ1) is 13.3. The Morgan fingerprint density at radius 3 is 2.89 bits per heavy atom. The quantitative estimate of drug-likeness (QED) is 0.841. The topological polar surface area (TPSA) is 72.3 Å². The molecule has 0 aliphatic carbocycles. The molecule has 1 aromatic heterocycles. The number of hydrogen-bond acceptors (Lipinski definition) is 5. The predicted octanol–water partition coefficient (Wildman–Crippen LogP) is 1.93. The molecule has 2 heterocycles. The van der Waals surface area contributed by atoms with Gasteiger partial charge in [0.25, 0.3) is 0 Å². The predicted molar refractivity (Wildman–Crippen MR) is 68.2 cm³/mol. The number of carboxylic acid groups (broad SMARTS) is 1. The highest BCUT2D eigenvalue weighted by atomic mass is 32.2. The zero-order valence-electron chi connectivity index (χ0n) is 10.5. The number of thioether (sulfide) groups is 1. The summed E-state index contributed by atoms with van der Waals surface area (Å²) in [5.41, 5.74) is 0.764. The summed E-state index contributed by atoms with van der Waals surface area (Å²) in [7, 11) is 0. The Morgan fingerprint density at radius 1 is 1.56 bits per heavy atom. The van der Waals surface area contributed by atoms with Gasteiger partial charge < -0.3 is 9.84 Å². The third kappa shape index (κ3) is 2.81. The second-order valence-corrected chi connectivity index (χ2v) is 5.46. The molecule has 1 N–H and O–H groups in total. The Labute approximate surface area is 110 Å². The van der Waals surface area contributed by atoms with Crippen LogP contribution in [0.2, 0.25) is 0 Å². The molecule has 18 heavy (non-hydrogen) atoms. The highest BCUT2D eigenvalue weighted by molar-refractivity contribution is 8.00. The van der Waals surface area contributed by atoms with Crippen molar-refractivity contribution in [2.45, 2.75) is 37.0 Å². The van der Waals surface area contributed by atoms with E-state index in [1.807, 2.05) is 6.92 Å². The number of nitrogens with zero attached hydrogens (tertiary/aromatic N) is 2. The molecule has 0 saturated carbocycles. The Hall–Kier alpha value is -1.14. The van der Waals surface area contributed by atoms with Gasteiger partial charge in [-0.2, -0.15) is 0 Å². The summed E-state index contributed by atoms with van der Waals surface area (Å²) < 4.78 is 5.30.